The summed E-state index contributed by atoms with van der Waals surface area (Å²) in [5.74, 6) is 2.33. The first-order chi connectivity index (χ1) is 7.77. The van der Waals surface area contributed by atoms with Crippen LogP contribution in [0.4, 0.5) is 0 Å². The van der Waals surface area contributed by atoms with E-state index in [0.717, 1.165) is 17.2 Å². The lowest BCUT2D eigenvalue weighted by Crippen LogP contribution is -2.33. The SMILES string of the molecule is CCCNC1CCCC1CCSC(C)CC. The highest BCUT2D eigenvalue weighted by Gasteiger charge is 2.25. The number of hydrogen-bond donors (Lipinski definition) is 1. The maximum atomic E-state index is 3.72. The standard InChI is InChI=1S/C14H29NS/c1-4-10-15-14-8-6-7-13(14)9-11-16-12(3)5-2/h12-15H,4-11H2,1-3H3. The molecule has 1 nitrogen and oxygen atoms in total. The van der Waals surface area contributed by atoms with Crippen molar-refractivity contribution in [2.75, 3.05) is 12.3 Å². The van der Waals surface area contributed by atoms with Crippen LogP contribution in [0.5, 0.6) is 0 Å². The Morgan fingerprint density at radius 1 is 1.31 bits per heavy atom. The lowest BCUT2D eigenvalue weighted by molar-refractivity contribution is 0.393. The van der Waals surface area contributed by atoms with Gasteiger partial charge in [0.2, 0.25) is 0 Å². The van der Waals surface area contributed by atoms with Gasteiger partial charge in [-0.15, -0.1) is 0 Å². The van der Waals surface area contributed by atoms with E-state index in [0.29, 0.717) is 0 Å². The molecule has 1 saturated carbocycles. The maximum Gasteiger partial charge on any atom is 0.00956 e. The zero-order valence-corrected chi connectivity index (χ0v) is 12.1. The van der Waals surface area contributed by atoms with Gasteiger partial charge in [-0.2, -0.15) is 11.8 Å². The van der Waals surface area contributed by atoms with Crippen LogP contribution < -0.4 is 5.32 Å². The monoisotopic (exact) mass is 243 g/mol. The highest BCUT2D eigenvalue weighted by Crippen LogP contribution is 2.30. The zero-order chi connectivity index (χ0) is 11.8. The van der Waals surface area contributed by atoms with Crippen LogP contribution in [0.3, 0.4) is 0 Å². The van der Waals surface area contributed by atoms with Crippen molar-refractivity contribution in [3.05, 3.63) is 0 Å². The number of thioether (sulfide) groups is 1. The summed E-state index contributed by atoms with van der Waals surface area (Å²) in [6.07, 6.45) is 8.33. The van der Waals surface area contributed by atoms with Gasteiger partial charge in [-0.3, -0.25) is 0 Å². The van der Waals surface area contributed by atoms with E-state index in [1.165, 1.54) is 50.8 Å². The van der Waals surface area contributed by atoms with Gasteiger partial charge < -0.3 is 5.32 Å². The molecule has 1 fully saturated rings. The Morgan fingerprint density at radius 2 is 2.12 bits per heavy atom. The minimum Gasteiger partial charge on any atom is -0.314 e. The Labute approximate surface area is 106 Å². The maximum absolute atomic E-state index is 3.72. The predicted molar refractivity (Wildman–Crippen MR) is 76.3 cm³/mol. The molecule has 1 N–H and O–H groups in total. The van der Waals surface area contributed by atoms with Gasteiger partial charge in [0.25, 0.3) is 0 Å². The normalized spacial score (nSPS) is 27.2. The Kier molecular flexibility index (Phi) is 7.55. The Morgan fingerprint density at radius 3 is 2.81 bits per heavy atom. The quantitative estimate of drug-likeness (QED) is 0.689. The molecule has 0 aromatic carbocycles. The van der Waals surface area contributed by atoms with Gasteiger partial charge in [0, 0.05) is 11.3 Å². The third kappa shape index (κ3) is 5.09. The molecule has 0 aromatic heterocycles. The second kappa shape index (κ2) is 8.41. The Bertz CT molecular complexity index is 172. The fourth-order valence-electron chi connectivity index (χ4n) is 2.52. The molecule has 16 heavy (non-hydrogen) atoms. The van der Waals surface area contributed by atoms with Gasteiger partial charge >= 0.3 is 0 Å². The van der Waals surface area contributed by atoms with Crippen LogP contribution in [0, 0.1) is 5.92 Å². The van der Waals surface area contributed by atoms with Crippen molar-refractivity contribution in [1.29, 1.82) is 0 Å². The summed E-state index contributed by atoms with van der Waals surface area (Å²) in [6, 6.07) is 0.831. The van der Waals surface area contributed by atoms with Crippen LogP contribution in [0.2, 0.25) is 0 Å². The molecule has 1 aliphatic rings. The average molecular weight is 243 g/mol. The van der Waals surface area contributed by atoms with E-state index >= 15 is 0 Å². The molecule has 0 radical (unpaired) electrons. The molecule has 0 aliphatic heterocycles. The van der Waals surface area contributed by atoms with Gasteiger partial charge in [0.05, 0.1) is 0 Å². The van der Waals surface area contributed by atoms with Gasteiger partial charge in [-0.05, 0) is 50.3 Å². The van der Waals surface area contributed by atoms with E-state index < -0.39 is 0 Å². The molecule has 0 aromatic rings. The average Bonchev–Trinajstić information content (AvgIpc) is 2.73. The minimum absolute atomic E-state index is 0.831. The van der Waals surface area contributed by atoms with Crippen molar-refractivity contribution in [1.82, 2.24) is 5.32 Å². The van der Waals surface area contributed by atoms with Gasteiger partial charge in [0.1, 0.15) is 0 Å². The van der Waals surface area contributed by atoms with Crippen molar-refractivity contribution in [2.24, 2.45) is 5.92 Å². The number of nitrogens with one attached hydrogen (secondary N) is 1. The van der Waals surface area contributed by atoms with E-state index in [-0.39, 0.29) is 0 Å². The van der Waals surface area contributed by atoms with E-state index in [1.54, 1.807) is 0 Å². The summed E-state index contributed by atoms with van der Waals surface area (Å²) in [7, 11) is 0. The molecular formula is C14H29NS. The van der Waals surface area contributed by atoms with Gasteiger partial charge in [-0.25, -0.2) is 0 Å². The van der Waals surface area contributed by atoms with E-state index in [9.17, 15) is 0 Å². The molecule has 0 saturated heterocycles. The van der Waals surface area contributed by atoms with Crippen LogP contribution in [0.25, 0.3) is 0 Å². The van der Waals surface area contributed by atoms with Crippen molar-refractivity contribution in [3.63, 3.8) is 0 Å². The highest BCUT2D eigenvalue weighted by molar-refractivity contribution is 7.99. The summed E-state index contributed by atoms with van der Waals surface area (Å²) in [5.41, 5.74) is 0. The molecule has 1 rings (SSSR count). The largest absolute Gasteiger partial charge is 0.314 e. The molecule has 96 valence electrons. The molecule has 0 bridgehead atoms. The van der Waals surface area contributed by atoms with E-state index in [2.05, 4.69) is 37.8 Å². The van der Waals surface area contributed by atoms with Gasteiger partial charge in [0.15, 0.2) is 0 Å². The van der Waals surface area contributed by atoms with Crippen LogP contribution in [0.1, 0.15) is 59.3 Å². The smallest absolute Gasteiger partial charge is 0.00956 e. The zero-order valence-electron chi connectivity index (χ0n) is 11.3. The second-order valence-electron chi connectivity index (χ2n) is 5.13. The summed E-state index contributed by atoms with van der Waals surface area (Å²) in [6.45, 7) is 8.11. The van der Waals surface area contributed by atoms with Crippen molar-refractivity contribution in [2.45, 2.75) is 70.6 Å². The molecule has 2 heteroatoms. The lowest BCUT2D eigenvalue weighted by Gasteiger charge is -2.21. The predicted octanol–water partition coefficient (Wildman–Crippen LogP) is 4.08. The first kappa shape index (κ1) is 14.4. The summed E-state index contributed by atoms with van der Waals surface area (Å²) < 4.78 is 0. The minimum atomic E-state index is 0.831. The first-order valence-corrected chi connectivity index (χ1v) is 8.17. The summed E-state index contributed by atoms with van der Waals surface area (Å²) >= 11 is 2.16. The van der Waals surface area contributed by atoms with Crippen molar-refractivity contribution >= 4 is 11.8 Å². The molecule has 0 spiro atoms. The summed E-state index contributed by atoms with van der Waals surface area (Å²) in [5, 5.41) is 4.57. The first-order valence-electron chi connectivity index (χ1n) is 7.12. The third-order valence-electron chi connectivity index (χ3n) is 3.78. The number of rotatable bonds is 8. The fraction of sp³-hybridized carbons (Fsp3) is 1.00. The van der Waals surface area contributed by atoms with Crippen LogP contribution in [0.15, 0.2) is 0 Å². The Hall–Kier alpha value is 0.310. The van der Waals surface area contributed by atoms with E-state index in [4.69, 9.17) is 0 Å². The van der Waals surface area contributed by atoms with E-state index in [1.807, 2.05) is 0 Å². The van der Waals surface area contributed by atoms with Gasteiger partial charge in [-0.1, -0.05) is 27.2 Å². The molecule has 1 aliphatic carbocycles. The number of hydrogen-bond acceptors (Lipinski definition) is 2. The lowest BCUT2D eigenvalue weighted by atomic mass is 10.0. The molecular weight excluding hydrogens is 214 g/mol. The third-order valence-corrected chi connectivity index (χ3v) is 5.16. The molecule has 3 atom stereocenters. The van der Waals surface area contributed by atoms with Crippen LogP contribution >= 0.6 is 11.8 Å². The second-order valence-corrected chi connectivity index (χ2v) is 6.68. The van der Waals surface area contributed by atoms with Crippen LogP contribution in [-0.2, 0) is 0 Å². The fourth-order valence-corrected chi connectivity index (χ4v) is 3.60. The topological polar surface area (TPSA) is 12.0 Å². The van der Waals surface area contributed by atoms with Crippen molar-refractivity contribution < 1.29 is 0 Å². The Balaban J connectivity index is 2.14. The van der Waals surface area contributed by atoms with Crippen molar-refractivity contribution in [3.8, 4) is 0 Å². The highest BCUT2D eigenvalue weighted by atomic mass is 32.2. The molecule has 3 unspecified atom stereocenters. The molecule has 0 amide bonds. The van der Waals surface area contributed by atoms with Crippen LogP contribution in [-0.4, -0.2) is 23.6 Å². The molecule has 0 heterocycles. The summed E-state index contributed by atoms with van der Waals surface area (Å²) in [4.78, 5) is 0.